The lowest BCUT2D eigenvalue weighted by atomic mass is 9.93. The number of aryl methyl sites for hydroxylation is 1. The van der Waals surface area contributed by atoms with Gasteiger partial charge in [-0.05, 0) is 61.4 Å². The maximum absolute atomic E-state index is 13.3. The number of amides is 3. The first-order valence-electron chi connectivity index (χ1n) is 10.1. The highest BCUT2D eigenvalue weighted by Crippen LogP contribution is 2.22. The van der Waals surface area contributed by atoms with Crippen LogP contribution in [0.5, 0.6) is 0 Å². The van der Waals surface area contributed by atoms with Crippen molar-refractivity contribution >= 4 is 17.6 Å². The minimum absolute atomic E-state index is 0.0367. The third kappa shape index (κ3) is 6.31. The SMILES string of the molecule is Cc1ccccc1CNC(=O)CC[C@@H]1CCCN(C(=O)Nc2cccc(F)c2)C1. The smallest absolute Gasteiger partial charge is 0.321 e. The van der Waals surface area contributed by atoms with Crippen molar-refractivity contribution in [2.24, 2.45) is 5.92 Å². The molecule has 0 aliphatic carbocycles. The topological polar surface area (TPSA) is 61.4 Å². The molecule has 1 saturated heterocycles. The monoisotopic (exact) mass is 397 g/mol. The Hall–Kier alpha value is -2.89. The van der Waals surface area contributed by atoms with Crippen LogP contribution in [0.25, 0.3) is 0 Å². The van der Waals surface area contributed by atoms with Crippen LogP contribution in [0.3, 0.4) is 0 Å². The van der Waals surface area contributed by atoms with Gasteiger partial charge in [0.05, 0.1) is 0 Å². The van der Waals surface area contributed by atoms with Crippen molar-refractivity contribution in [2.75, 3.05) is 18.4 Å². The Kier molecular flexibility index (Phi) is 7.22. The average Bonchev–Trinajstić information content (AvgIpc) is 2.72. The molecule has 0 aromatic heterocycles. The predicted octanol–water partition coefficient (Wildman–Crippen LogP) is 4.47. The van der Waals surface area contributed by atoms with Gasteiger partial charge in [0, 0.05) is 31.7 Å². The van der Waals surface area contributed by atoms with Gasteiger partial charge in [0.25, 0.3) is 0 Å². The summed E-state index contributed by atoms with van der Waals surface area (Å²) in [5, 5.41) is 5.73. The van der Waals surface area contributed by atoms with E-state index in [1.165, 1.54) is 17.7 Å². The highest BCUT2D eigenvalue weighted by Gasteiger charge is 2.24. The second-order valence-corrected chi connectivity index (χ2v) is 7.64. The van der Waals surface area contributed by atoms with Gasteiger partial charge < -0.3 is 15.5 Å². The molecule has 1 aliphatic rings. The molecule has 5 nitrogen and oxygen atoms in total. The van der Waals surface area contributed by atoms with Gasteiger partial charge in [0.1, 0.15) is 5.82 Å². The average molecular weight is 397 g/mol. The standard InChI is InChI=1S/C23H28FN3O2/c1-17-6-2-3-8-19(17)15-25-22(28)12-11-18-7-5-13-27(16-18)23(29)26-21-10-4-9-20(24)14-21/h2-4,6,8-10,14,18H,5,7,11-13,15-16H2,1H3,(H,25,28)(H,26,29)/t18-/m0/s1. The van der Waals surface area contributed by atoms with Crippen LogP contribution in [-0.4, -0.2) is 29.9 Å². The summed E-state index contributed by atoms with van der Waals surface area (Å²) in [5.74, 6) is -0.0446. The Labute approximate surface area is 171 Å². The number of piperidine rings is 1. The van der Waals surface area contributed by atoms with Crippen LogP contribution < -0.4 is 10.6 Å². The van der Waals surface area contributed by atoms with Gasteiger partial charge in [0.2, 0.25) is 5.91 Å². The number of hydrogen-bond donors (Lipinski definition) is 2. The molecule has 154 valence electrons. The van der Waals surface area contributed by atoms with Crippen molar-refractivity contribution in [1.29, 1.82) is 0 Å². The Bertz CT molecular complexity index is 856. The molecule has 2 N–H and O–H groups in total. The van der Waals surface area contributed by atoms with E-state index < -0.39 is 0 Å². The Morgan fingerprint density at radius 1 is 1.17 bits per heavy atom. The lowest BCUT2D eigenvalue weighted by molar-refractivity contribution is -0.121. The van der Waals surface area contributed by atoms with E-state index in [4.69, 9.17) is 0 Å². The molecule has 29 heavy (non-hydrogen) atoms. The first-order chi connectivity index (χ1) is 14.0. The van der Waals surface area contributed by atoms with E-state index >= 15 is 0 Å². The summed E-state index contributed by atoms with van der Waals surface area (Å²) >= 11 is 0. The molecule has 2 aromatic carbocycles. The van der Waals surface area contributed by atoms with E-state index in [9.17, 15) is 14.0 Å². The van der Waals surface area contributed by atoms with Gasteiger partial charge in [-0.1, -0.05) is 30.3 Å². The maximum atomic E-state index is 13.3. The molecule has 6 heteroatoms. The van der Waals surface area contributed by atoms with Gasteiger partial charge in [0.15, 0.2) is 0 Å². The summed E-state index contributed by atoms with van der Waals surface area (Å²) in [6.07, 6.45) is 3.13. The van der Waals surface area contributed by atoms with Crippen molar-refractivity contribution in [3.05, 3.63) is 65.5 Å². The van der Waals surface area contributed by atoms with Gasteiger partial charge in [-0.15, -0.1) is 0 Å². The number of nitrogens with one attached hydrogen (secondary N) is 2. The predicted molar refractivity (Wildman–Crippen MR) is 112 cm³/mol. The second kappa shape index (κ2) is 10.0. The number of hydrogen-bond acceptors (Lipinski definition) is 2. The molecule has 1 aliphatic heterocycles. The second-order valence-electron chi connectivity index (χ2n) is 7.64. The van der Waals surface area contributed by atoms with Crippen molar-refractivity contribution < 1.29 is 14.0 Å². The van der Waals surface area contributed by atoms with Gasteiger partial charge in [-0.25, -0.2) is 9.18 Å². The van der Waals surface area contributed by atoms with Crippen LogP contribution in [0.4, 0.5) is 14.9 Å². The Morgan fingerprint density at radius 3 is 2.79 bits per heavy atom. The highest BCUT2D eigenvalue weighted by atomic mass is 19.1. The Balaban J connectivity index is 1.42. The minimum Gasteiger partial charge on any atom is -0.352 e. The molecule has 3 rings (SSSR count). The lowest BCUT2D eigenvalue weighted by Crippen LogP contribution is -2.42. The van der Waals surface area contributed by atoms with Crippen molar-refractivity contribution in [1.82, 2.24) is 10.2 Å². The zero-order chi connectivity index (χ0) is 20.6. The fourth-order valence-corrected chi connectivity index (χ4v) is 3.68. The zero-order valence-corrected chi connectivity index (χ0v) is 16.8. The molecule has 0 radical (unpaired) electrons. The van der Waals surface area contributed by atoms with E-state index in [0.29, 0.717) is 37.7 Å². The van der Waals surface area contributed by atoms with Crippen LogP contribution in [0, 0.1) is 18.7 Å². The van der Waals surface area contributed by atoms with E-state index in [-0.39, 0.29) is 17.8 Å². The fraction of sp³-hybridized carbons (Fsp3) is 0.391. The molecule has 0 spiro atoms. The molecule has 1 heterocycles. The number of anilines is 1. The van der Waals surface area contributed by atoms with Crippen LogP contribution >= 0.6 is 0 Å². The number of likely N-dealkylation sites (tertiary alicyclic amines) is 1. The summed E-state index contributed by atoms with van der Waals surface area (Å²) in [5.41, 5.74) is 2.74. The number of nitrogens with zero attached hydrogens (tertiary/aromatic N) is 1. The number of halogens is 1. The third-order valence-corrected chi connectivity index (χ3v) is 5.40. The first kappa shape index (κ1) is 20.8. The zero-order valence-electron chi connectivity index (χ0n) is 16.8. The normalized spacial score (nSPS) is 16.3. The summed E-state index contributed by atoms with van der Waals surface area (Å²) in [4.78, 5) is 26.4. The van der Waals surface area contributed by atoms with Crippen LogP contribution in [0.2, 0.25) is 0 Å². The molecule has 3 amide bonds. The molecule has 0 bridgehead atoms. The lowest BCUT2D eigenvalue weighted by Gasteiger charge is -2.32. The van der Waals surface area contributed by atoms with E-state index in [1.807, 2.05) is 31.2 Å². The quantitative estimate of drug-likeness (QED) is 0.755. The molecular weight excluding hydrogens is 369 g/mol. The summed E-state index contributed by atoms with van der Waals surface area (Å²) in [6.45, 7) is 3.87. The highest BCUT2D eigenvalue weighted by molar-refractivity contribution is 5.89. The van der Waals surface area contributed by atoms with Crippen molar-refractivity contribution in [3.63, 3.8) is 0 Å². The maximum Gasteiger partial charge on any atom is 0.321 e. The van der Waals surface area contributed by atoms with E-state index in [0.717, 1.165) is 24.8 Å². The van der Waals surface area contributed by atoms with Gasteiger partial charge in [-0.2, -0.15) is 0 Å². The third-order valence-electron chi connectivity index (χ3n) is 5.40. The summed E-state index contributed by atoms with van der Waals surface area (Å²) < 4.78 is 13.3. The first-order valence-corrected chi connectivity index (χ1v) is 10.1. The summed E-state index contributed by atoms with van der Waals surface area (Å²) in [7, 11) is 0. The number of benzene rings is 2. The number of urea groups is 1. The van der Waals surface area contributed by atoms with Crippen molar-refractivity contribution in [3.8, 4) is 0 Å². The van der Waals surface area contributed by atoms with Gasteiger partial charge >= 0.3 is 6.03 Å². The Morgan fingerprint density at radius 2 is 2.00 bits per heavy atom. The van der Waals surface area contributed by atoms with Crippen molar-refractivity contribution in [2.45, 2.75) is 39.2 Å². The largest absolute Gasteiger partial charge is 0.352 e. The molecule has 0 unspecified atom stereocenters. The number of carbonyl (C=O) groups is 2. The number of rotatable bonds is 6. The van der Waals surface area contributed by atoms with E-state index in [2.05, 4.69) is 10.6 Å². The molecule has 2 aromatic rings. The minimum atomic E-state index is -0.379. The van der Waals surface area contributed by atoms with E-state index in [1.54, 1.807) is 17.0 Å². The fourth-order valence-electron chi connectivity index (χ4n) is 3.68. The van der Waals surface area contributed by atoms with Crippen LogP contribution in [0.15, 0.2) is 48.5 Å². The molecule has 1 atom stereocenters. The van der Waals surface area contributed by atoms with Gasteiger partial charge in [-0.3, -0.25) is 4.79 Å². The number of carbonyl (C=O) groups excluding carboxylic acids is 2. The summed E-state index contributed by atoms with van der Waals surface area (Å²) in [6, 6.07) is 13.7. The van der Waals surface area contributed by atoms with Crippen LogP contribution in [0.1, 0.15) is 36.8 Å². The van der Waals surface area contributed by atoms with Crippen LogP contribution in [-0.2, 0) is 11.3 Å². The molecular formula is C23H28FN3O2. The molecule has 0 saturated carbocycles. The molecule has 1 fully saturated rings.